The standard InChI is InChI=1S/C10H18O4S/c1-8(2)14-10(13)7-15-6-4-3-5-9(11)12/h8H,3-7H2,1-2H3,(H,11,12). The molecule has 0 unspecified atom stereocenters. The second kappa shape index (κ2) is 8.59. The molecular formula is C10H18O4S. The normalized spacial score (nSPS) is 10.3. The maximum absolute atomic E-state index is 11.1. The van der Waals surface area contributed by atoms with Crippen LogP contribution in [0.3, 0.4) is 0 Å². The summed E-state index contributed by atoms with van der Waals surface area (Å²) in [6.45, 7) is 3.63. The third-order valence-corrected chi connectivity index (χ3v) is 2.53. The molecule has 0 aliphatic heterocycles. The molecule has 15 heavy (non-hydrogen) atoms. The van der Waals surface area contributed by atoms with Crippen LogP contribution in [-0.4, -0.2) is 34.7 Å². The molecule has 0 aliphatic carbocycles. The number of carboxylic acid groups (broad SMARTS) is 1. The Bertz CT molecular complexity index is 204. The van der Waals surface area contributed by atoms with Gasteiger partial charge in [0.2, 0.25) is 0 Å². The van der Waals surface area contributed by atoms with Crippen molar-refractivity contribution >= 4 is 23.7 Å². The highest BCUT2D eigenvalue weighted by atomic mass is 32.2. The molecule has 0 atom stereocenters. The van der Waals surface area contributed by atoms with Gasteiger partial charge in [-0.05, 0) is 32.4 Å². The summed E-state index contributed by atoms with van der Waals surface area (Å²) in [5.41, 5.74) is 0. The van der Waals surface area contributed by atoms with E-state index < -0.39 is 5.97 Å². The highest BCUT2D eigenvalue weighted by Gasteiger charge is 2.05. The van der Waals surface area contributed by atoms with E-state index in [1.54, 1.807) is 0 Å². The summed E-state index contributed by atoms with van der Waals surface area (Å²) in [5.74, 6) is 0.193. The minimum Gasteiger partial charge on any atom is -0.481 e. The number of rotatable bonds is 8. The van der Waals surface area contributed by atoms with E-state index in [4.69, 9.17) is 9.84 Å². The van der Waals surface area contributed by atoms with Crippen LogP contribution in [0.4, 0.5) is 0 Å². The van der Waals surface area contributed by atoms with Crippen molar-refractivity contribution in [1.82, 2.24) is 0 Å². The fourth-order valence-corrected chi connectivity index (χ4v) is 1.72. The molecule has 0 saturated carbocycles. The number of hydrogen-bond donors (Lipinski definition) is 1. The van der Waals surface area contributed by atoms with Crippen LogP contribution in [-0.2, 0) is 14.3 Å². The summed E-state index contributed by atoms with van der Waals surface area (Å²) in [6.07, 6.45) is 1.63. The van der Waals surface area contributed by atoms with Crippen molar-refractivity contribution in [3.63, 3.8) is 0 Å². The molecule has 0 rings (SSSR count). The van der Waals surface area contributed by atoms with Crippen LogP contribution in [0.15, 0.2) is 0 Å². The Morgan fingerprint density at radius 3 is 2.53 bits per heavy atom. The number of esters is 1. The number of aliphatic carboxylic acids is 1. The van der Waals surface area contributed by atoms with Crippen molar-refractivity contribution in [2.24, 2.45) is 0 Å². The molecule has 0 bridgehead atoms. The van der Waals surface area contributed by atoms with Crippen molar-refractivity contribution in [3.8, 4) is 0 Å². The summed E-state index contributed by atoms with van der Waals surface area (Å²) < 4.78 is 4.94. The van der Waals surface area contributed by atoms with Crippen LogP contribution < -0.4 is 0 Å². The smallest absolute Gasteiger partial charge is 0.316 e. The lowest BCUT2D eigenvalue weighted by atomic mass is 10.3. The van der Waals surface area contributed by atoms with Gasteiger partial charge in [0.1, 0.15) is 0 Å². The van der Waals surface area contributed by atoms with E-state index in [2.05, 4.69) is 0 Å². The molecule has 0 aliphatic rings. The number of carboxylic acids is 1. The molecular weight excluding hydrogens is 216 g/mol. The molecule has 0 spiro atoms. The van der Waals surface area contributed by atoms with E-state index in [0.29, 0.717) is 12.2 Å². The first kappa shape index (κ1) is 14.3. The quantitative estimate of drug-likeness (QED) is 0.513. The second-order valence-corrected chi connectivity index (χ2v) is 4.55. The van der Waals surface area contributed by atoms with E-state index in [9.17, 15) is 9.59 Å². The predicted molar refractivity (Wildman–Crippen MR) is 60.0 cm³/mol. The fourth-order valence-electron chi connectivity index (χ4n) is 0.933. The monoisotopic (exact) mass is 234 g/mol. The predicted octanol–water partition coefficient (Wildman–Crippen LogP) is 1.93. The van der Waals surface area contributed by atoms with Gasteiger partial charge in [-0.1, -0.05) is 0 Å². The average molecular weight is 234 g/mol. The maximum Gasteiger partial charge on any atom is 0.316 e. The van der Waals surface area contributed by atoms with Crippen LogP contribution in [0.1, 0.15) is 33.1 Å². The Labute approximate surface area is 94.4 Å². The largest absolute Gasteiger partial charge is 0.481 e. The first-order chi connectivity index (χ1) is 7.02. The van der Waals surface area contributed by atoms with Crippen LogP contribution in [0.5, 0.6) is 0 Å². The van der Waals surface area contributed by atoms with Crippen molar-refractivity contribution in [3.05, 3.63) is 0 Å². The Hall–Kier alpha value is -0.710. The summed E-state index contributed by atoms with van der Waals surface area (Å²) >= 11 is 1.49. The third-order valence-electron chi connectivity index (χ3n) is 1.52. The van der Waals surface area contributed by atoms with Gasteiger partial charge in [0.05, 0.1) is 11.9 Å². The summed E-state index contributed by atoms with van der Waals surface area (Å²) in [6, 6.07) is 0. The van der Waals surface area contributed by atoms with E-state index in [0.717, 1.165) is 12.2 Å². The van der Waals surface area contributed by atoms with Gasteiger partial charge in [0, 0.05) is 6.42 Å². The van der Waals surface area contributed by atoms with Crippen LogP contribution in [0, 0.1) is 0 Å². The summed E-state index contributed by atoms with van der Waals surface area (Å²) in [5, 5.41) is 8.38. The number of ether oxygens (including phenoxy) is 1. The molecule has 0 amide bonds. The van der Waals surface area contributed by atoms with Gasteiger partial charge in [-0.3, -0.25) is 9.59 Å². The zero-order chi connectivity index (χ0) is 11.7. The molecule has 4 nitrogen and oxygen atoms in total. The zero-order valence-corrected chi connectivity index (χ0v) is 10.0. The topological polar surface area (TPSA) is 63.6 Å². The molecule has 0 radical (unpaired) electrons. The maximum atomic E-state index is 11.1. The lowest BCUT2D eigenvalue weighted by Gasteiger charge is -2.07. The molecule has 1 N–H and O–H groups in total. The van der Waals surface area contributed by atoms with Crippen molar-refractivity contribution < 1.29 is 19.4 Å². The van der Waals surface area contributed by atoms with Crippen molar-refractivity contribution in [2.75, 3.05) is 11.5 Å². The number of carbonyl (C=O) groups excluding carboxylic acids is 1. The van der Waals surface area contributed by atoms with E-state index >= 15 is 0 Å². The van der Waals surface area contributed by atoms with Crippen molar-refractivity contribution in [2.45, 2.75) is 39.2 Å². The Morgan fingerprint density at radius 2 is 2.00 bits per heavy atom. The zero-order valence-electron chi connectivity index (χ0n) is 9.19. The molecule has 0 aromatic rings. The number of hydrogen-bond acceptors (Lipinski definition) is 4. The van der Waals surface area contributed by atoms with E-state index in [1.165, 1.54) is 11.8 Å². The van der Waals surface area contributed by atoms with E-state index in [-0.39, 0.29) is 18.5 Å². The molecule has 0 aromatic carbocycles. The molecule has 5 heteroatoms. The minimum atomic E-state index is -0.765. The highest BCUT2D eigenvalue weighted by molar-refractivity contribution is 7.99. The number of carbonyl (C=O) groups is 2. The summed E-state index contributed by atoms with van der Waals surface area (Å²) in [7, 11) is 0. The van der Waals surface area contributed by atoms with Gasteiger partial charge in [-0.2, -0.15) is 11.8 Å². The Balaban J connectivity index is 3.24. The highest BCUT2D eigenvalue weighted by Crippen LogP contribution is 2.07. The van der Waals surface area contributed by atoms with E-state index in [1.807, 2.05) is 13.8 Å². The summed E-state index contributed by atoms with van der Waals surface area (Å²) in [4.78, 5) is 21.2. The van der Waals surface area contributed by atoms with Crippen LogP contribution in [0.25, 0.3) is 0 Å². The van der Waals surface area contributed by atoms with Gasteiger partial charge in [-0.25, -0.2) is 0 Å². The lowest BCUT2D eigenvalue weighted by Crippen LogP contribution is -2.13. The molecule has 0 fully saturated rings. The lowest BCUT2D eigenvalue weighted by molar-refractivity contribution is -0.144. The van der Waals surface area contributed by atoms with Gasteiger partial charge >= 0.3 is 11.9 Å². The second-order valence-electron chi connectivity index (χ2n) is 3.44. The van der Waals surface area contributed by atoms with Gasteiger partial charge < -0.3 is 9.84 Å². The fraction of sp³-hybridized carbons (Fsp3) is 0.800. The molecule has 0 saturated heterocycles. The van der Waals surface area contributed by atoms with Crippen LogP contribution in [0.2, 0.25) is 0 Å². The van der Waals surface area contributed by atoms with Gasteiger partial charge in [0.25, 0.3) is 0 Å². The van der Waals surface area contributed by atoms with Gasteiger partial charge in [-0.15, -0.1) is 0 Å². The first-order valence-corrected chi connectivity index (χ1v) is 6.17. The van der Waals surface area contributed by atoms with Crippen molar-refractivity contribution in [1.29, 1.82) is 0 Å². The molecule has 88 valence electrons. The Kier molecular flexibility index (Phi) is 8.18. The number of unbranched alkanes of at least 4 members (excludes halogenated alkanes) is 1. The molecule has 0 aromatic heterocycles. The number of thioether (sulfide) groups is 1. The van der Waals surface area contributed by atoms with Gasteiger partial charge in [0.15, 0.2) is 0 Å². The SMILES string of the molecule is CC(C)OC(=O)CSCCCCC(=O)O. The minimum absolute atomic E-state index is 0.0647. The van der Waals surface area contributed by atoms with Crippen LogP contribution >= 0.6 is 11.8 Å². The Morgan fingerprint density at radius 1 is 1.33 bits per heavy atom. The molecule has 0 heterocycles. The third kappa shape index (κ3) is 11.2. The average Bonchev–Trinajstić information content (AvgIpc) is 2.09. The first-order valence-electron chi connectivity index (χ1n) is 5.01.